The second-order valence-corrected chi connectivity index (χ2v) is 5.79. The smallest absolute Gasteiger partial charge is 0.242 e. The SMILES string of the molecule is CNC(=O)C1CCCN1c1ccc(C(N)=S)cc1Br. The van der Waals surface area contributed by atoms with Crippen LogP contribution in [0, 0.1) is 0 Å². The molecule has 0 aliphatic carbocycles. The maximum absolute atomic E-state index is 11.9. The number of hydrogen-bond donors (Lipinski definition) is 2. The summed E-state index contributed by atoms with van der Waals surface area (Å²) in [5.41, 5.74) is 7.44. The number of likely N-dealkylation sites (N-methyl/N-ethyl adjacent to an activating group) is 1. The third-order valence-corrected chi connectivity index (χ3v) is 4.21. The van der Waals surface area contributed by atoms with E-state index in [9.17, 15) is 4.79 Å². The molecule has 1 unspecified atom stereocenters. The van der Waals surface area contributed by atoms with Crippen LogP contribution in [0.25, 0.3) is 0 Å². The Hall–Kier alpha value is -1.14. The molecular formula is C13H16BrN3OS. The lowest BCUT2D eigenvalue weighted by Crippen LogP contribution is -2.42. The van der Waals surface area contributed by atoms with E-state index in [4.69, 9.17) is 18.0 Å². The third kappa shape index (κ3) is 2.90. The number of rotatable bonds is 3. The number of amides is 1. The predicted molar refractivity (Wildman–Crippen MR) is 84.5 cm³/mol. The van der Waals surface area contributed by atoms with Crippen molar-refractivity contribution in [2.24, 2.45) is 5.73 Å². The molecule has 1 fully saturated rings. The van der Waals surface area contributed by atoms with Gasteiger partial charge in [-0.15, -0.1) is 0 Å². The summed E-state index contributed by atoms with van der Waals surface area (Å²) in [7, 11) is 1.67. The maximum atomic E-state index is 11.9. The van der Waals surface area contributed by atoms with Crippen LogP contribution in [-0.2, 0) is 4.79 Å². The zero-order valence-corrected chi connectivity index (χ0v) is 13.1. The Balaban J connectivity index is 2.31. The Bertz CT molecular complexity index is 521. The van der Waals surface area contributed by atoms with Gasteiger partial charge in [0.25, 0.3) is 0 Å². The van der Waals surface area contributed by atoms with Gasteiger partial charge in [-0.1, -0.05) is 12.2 Å². The molecule has 0 saturated carbocycles. The molecule has 1 amide bonds. The van der Waals surface area contributed by atoms with Gasteiger partial charge in [-0.2, -0.15) is 0 Å². The Morgan fingerprint density at radius 2 is 2.32 bits per heavy atom. The van der Waals surface area contributed by atoms with E-state index < -0.39 is 0 Å². The van der Waals surface area contributed by atoms with E-state index in [-0.39, 0.29) is 11.9 Å². The zero-order chi connectivity index (χ0) is 14.0. The van der Waals surface area contributed by atoms with Gasteiger partial charge >= 0.3 is 0 Å². The van der Waals surface area contributed by atoms with Crippen molar-refractivity contribution in [1.82, 2.24) is 5.32 Å². The summed E-state index contributed by atoms with van der Waals surface area (Å²) in [6.45, 7) is 0.878. The number of benzene rings is 1. The first-order chi connectivity index (χ1) is 9.04. The van der Waals surface area contributed by atoms with Gasteiger partial charge < -0.3 is 16.0 Å². The highest BCUT2D eigenvalue weighted by atomic mass is 79.9. The molecule has 1 saturated heterocycles. The van der Waals surface area contributed by atoms with Crippen LogP contribution in [0.5, 0.6) is 0 Å². The number of nitrogens with two attached hydrogens (primary N) is 1. The average Bonchev–Trinajstić information content (AvgIpc) is 2.86. The van der Waals surface area contributed by atoms with E-state index in [1.54, 1.807) is 7.05 Å². The van der Waals surface area contributed by atoms with Gasteiger partial charge in [0.2, 0.25) is 5.91 Å². The molecule has 1 aromatic carbocycles. The van der Waals surface area contributed by atoms with Crippen molar-refractivity contribution in [3.05, 3.63) is 28.2 Å². The van der Waals surface area contributed by atoms with E-state index >= 15 is 0 Å². The van der Waals surface area contributed by atoms with Crippen LogP contribution >= 0.6 is 28.1 Å². The molecule has 1 aromatic rings. The summed E-state index contributed by atoms with van der Waals surface area (Å²) in [4.78, 5) is 14.4. The molecule has 1 aliphatic heterocycles. The van der Waals surface area contributed by atoms with Gasteiger partial charge in [-0.05, 0) is 47.0 Å². The highest BCUT2D eigenvalue weighted by molar-refractivity contribution is 9.10. The van der Waals surface area contributed by atoms with Gasteiger partial charge in [0.05, 0.1) is 5.69 Å². The normalized spacial score (nSPS) is 18.4. The van der Waals surface area contributed by atoms with Crippen LogP contribution in [0.2, 0.25) is 0 Å². The Morgan fingerprint density at radius 1 is 1.58 bits per heavy atom. The minimum Gasteiger partial charge on any atom is -0.389 e. The third-order valence-electron chi connectivity index (χ3n) is 3.34. The van der Waals surface area contributed by atoms with Crippen LogP contribution in [0.15, 0.2) is 22.7 Å². The summed E-state index contributed by atoms with van der Waals surface area (Å²) in [5, 5.41) is 2.72. The van der Waals surface area contributed by atoms with Gasteiger partial charge in [0.1, 0.15) is 11.0 Å². The second kappa shape index (κ2) is 5.88. The summed E-state index contributed by atoms with van der Waals surface area (Å²) in [6.07, 6.45) is 1.89. The monoisotopic (exact) mass is 341 g/mol. The molecular weight excluding hydrogens is 326 g/mol. The Morgan fingerprint density at radius 3 is 2.89 bits per heavy atom. The Kier molecular flexibility index (Phi) is 4.42. The van der Waals surface area contributed by atoms with Gasteiger partial charge in [0, 0.05) is 23.6 Å². The summed E-state index contributed by atoms with van der Waals surface area (Å²) in [6, 6.07) is 5.65. The van der Waals surface area contributed by atoms with Crippen LogP contribution in [0.4, 0.5) is 5.69 Å². The highest BCUT2D eigenvalue weighted by Gasteiger charge is 2.31. The molecule has 102 valence electrons. The number of thiocarbonyl (C=S) groups is 1. The lowest BCUT2D eigenvalue weighted by molar-refractivity contribution is -0.121. The number of halogens is 1. The van der Waals surface area contributed by atoms with Crippen LogP contribution in [0.3, 0.4) is 0 Å². The number of carbonyl (C=O) groups excluding carboxylic acids is 1. The van der Waals surface area contributed by atoms with E-state index in [2.05, 4.69) is 26.1 Å². The van der Waals surface area contributed by atoms with Crippen molar-refractivity contribution in [3.8, 4) is 0 Å². The van der Waals surface area contributed by atoms with Gasteiger partial charge in [-0.25, -0.2) is 0 Å². The van der Waals surface area contributed by atoms with Crippen LogP contribution in [0.1, 0.15) is 18.4 Å². The standard InChI is InChI=1S/C13H16BrN3OS/c1-16-13(18)11-3-2-6-17(11)10-5-4-8(12(15)19)7-9(10)14/h4-5,7,11H,2-3,6H2,1H3,(H2,15,19)(H,16,18). The lowest BCUT2D eigenvalue weighted by Gasteiger charge is -2.26. The lowest BCUT2D eigenvalue weighted by atomic mass is 10.1. The molecule has 2 rings (SSSR count). The minimum absolute atomic E-state index is 0.0582. The number of anilines is 1. The second-order valence-electron chi connectivity index (χ2n) is 4.50. The average molecular weight is 342 g/mol. The molecule has 4 nitrogen and oxygen atoms in total. The fourth-order valence-corrected chi connectivity index (χ4v) is 3.12. The van der Waals surface area contributed by atoms with E-state index in [0.717, 1.165) is 35.1 Å². The summed E-state index contributed by atoms with van der Waals surface area (Å²) < 4.78 is 0.911. The number of nitrogens with zero attached hydrogens (tertiary/aromatic N) is 1. The molecule has 1 aliphatic rings. The van der Waals surface area contributed by atoms with Crippen molar-refractivity contribution in [2.45, 2.75) is 18.9 Å². The molecule has 6 heteroatoms. The van der Waals surface area contributed by atoms with Gasteiger partial charge in [0.15, 0.2) is 0 Å². The molecule has 0 aromatic heterocycles. The van der Waals surface area contributed by atoms with Crippen molar-refractivity contribution in [1.29, 1.82) is 0 Å². The molecule has 0 spiro atoms. The quantitative estimate of drug-likeness (QED) is 0.823. The fourth-order valence-electron chi connectivity index (χ4n) is 2.39. The Labute approximate surface area is 126 Å². The van der Waals surface area contributed by atoms with Crippen LogP contribution in [-0.4, -0.2) is 30.5 Å². The van der Waals surface area contributed by atoms with E-state index in [0.29, 0.717) is 4.99 Å². The fraction of sp³-hybridized carbons (Fsp3) is 0.385. The van der Waals surface area contributed by atoms with Crippen molar-refractivity contribution >= 4 is 44.7 Å². The summed E-state index contributed by atoms with van der Waals surface area (Å²) in [5.74, 6) is 0.0582. The first-order valence-electron chi connectivity index (χ1n) is 6.12. The van der Waals surface area contributed by atoms with Crippen LogP contribution < -0.4 is 16.0 Å². The predicted octanol–water partition coefficient (Wildman–Crippen LogP) is 1.80. The molecule has 0 bridgehead atoms. The van der Waals surface area contributed by atoms with Crippen molar-refractivity contribution < 1.29 is 4.79 Å². The topological polar surface area (TPSA) is 58.4 Å². The zero-order valence-electron chi connectivity index (χ0n) is 10.6. The van der Waals surface area contributed by atoms with Gasteiger partial charge in [-0.3, -0.25) is 4.79 Å². The number of nitrogens with one attached hydrogen (secondary N) is 1. The van der Waals surface area contributed by atoms with Crippen molar-refractivity contribution in [2.75, 3.05) is 18.5 Å². The van der Waals surface area contributed by atoms with E-state index in [1.807, 2.05) is 18.2 Å². The van der Waals surface area contributed by atoms with Crippen molar-refractivity contribution in [3.63, 3.8) is 0 Å². The first-order valence-corrected chi connectivity index (χ1v) is 7.32. The largest absolute Gasteiger partial charge is 0.389 e. The summed E-state index contributed by atoms with van der Waals surface area (Å²) >= 11 is 8.50. The molecule has 19 heavy (non-hydrogen) atoms. The maximum Gasteiger partial charge on any atom is 0.242 e. The molecule has 1 heterocycles. The number of hydrogen-bond acceptors (Lipinski definition) is 3. The van der Waals surface area contributed by atoms with E-state index in [1.165, 1.54) is 0 Å². The number of carbonyl (C=O) groups is 1. The molecule has 1 atom stereocenters. The molecule has 0 radical (unpaired) electrons. The highest BCUT2D eigenvalue weighted by Crippen LogP contribution is 2.32. The first kappa shape index (κ1) is 14.3. The molecule has 3 N–H and O–H groups in total. The minimum atomic E-state index is -0.100.